The molecular formula is C21H24F3N3O. The zero-order valence-corrected chi connectivity index (χ0v) is 16.1. The van der Waals surface area contributed by atoms with Gasteiger partial charge >= 0.3 is 6.18 Å². The van der Waals surface area contributed by atoms with Crippen LogP contribution in [0.4, 0.5) is 13.2 Å². The third-order valence-electron chi connectivity index (χ3n) is 5.71. The van der Waals surface area contributed by atoms with Gasteiger partial charge in [-0.25, -0.2) is 4.98 Å². The van der Waals surface area contributed by atoms with Gasteiger partial charge < -0.3 is 9.30 Å². The minimum atomic E-state index is -4.51. The Labute approximate surface area is 161 Å². The van der Waals surface area contributed by atoms with Crippen LogP contribution in [0.1, 0.15) is 31.9 Å². The Morgan fingerprint density at radius 2 is 1.86 bits per heavy atom. The number of aromatic nitrogens is 2. The van der Waals surface area contributed by atoms with Crippen LogP contribution in [0.25, 0.3) is 21.8 Å². The molecule has 0 amide bonds. The summed E-state index contributed by atoms with van der Waals surface area (Å²) < 4.78 is 48.4. The summed E-state index contributed by atoms with van der Waals surface area (Å²) in [6, 6.07) is 7.23. The van der Waals surface area contributed by atoms with E-state index in [1.165, 1.54) is 12.6 Å². The Morgan fingerprint density at radius 3 is 2.54 bits per heavy atom. The summed E-state index contributed by atoms with van der Waals surface area (Å²) in [6.07, 6.45) is 0.233. The van der Waals surface area contributed by atoms with Crippen LogP contribution < -0.4 is 4.74 Å². The first-order chi connectivity index (χ1) is 13.4. The molecule has 0 spiro atoms. The highest BCUT2D eigenvalue weighted by Gasteiger charge is 2.36. The molecule has 4 nitrogen and oxygen atoms in total. The second-order valence-electron chi connectivity index (χ2n) is 7.49. The predicted molar refractivity (Wildman–Crippen MR) is 104 cm³/mol. The highest BCUT2D eigenvalue weighted by molar-refractivity contribution is 6.09. The second-order valence-corrected chi connectivity index (χ2v) is 7.49. The van der Waals surface area contributed by atoms with E-state index >= 15 is 0 Å². The molecule has 1 fully saturated rings. The van der Waals surface area contributed by atoms with Gasteiger partial charge in [-0.05, 0) is 51.1 Å². The zero-order chi connectivity index (χ0) is 19.9. The fourth-order valence-electron chi connectivity index (χ4n) is 4.29. The molecular weight excluding hydrogens is 367 g/mol. The van der Waals surface area contributed by atoms with Crippen molar-refractivity contribution in [3.05, 3.63) is 36.2 Å². The minimum absolute atomic E-state index is 0.131. The summed E-state index contributed by atoms with van der Waals surface area (Å²) in [4.78, 5) is 6.07. The maximum absolute atomic E-state index is 13.8. The summed E-state index contributed by atoms with van der Waals surface area (Å²) in [7, 11) is 1.56. The van der Waals surface area contributed by atoms with Gasteiger partial charge in [-0.2, -0.15) is 13.2 Å². The molecule has 150 valence electrons. The van der Waals surface area contributed by atoms with Gasteiger partial charge in [-0.3, -0.25) is 4.90 Å². The Kier molecular flexibility index (Phi) is 4.95. The van der Waals surface area contributed by atoms with E-state index in [1.807, 2.05) is 12.1 Å². The standard InChI is InChI=1S/C21H24F3N3O/c1-14(26-10-4-3-5-11-26)13-27-18-12-15(28-2)6-7-16(18)17-8-9-25-20(19(17)27)21(22,23)24/h6-9,12,14H,3-5,10-11,13H2,1-2H3. The molecule has 1 aliphatic rings. The lowest BCUT2D eigenvalue weighted by atomic mass is 10.1. The van der Waals surface area contributed by atoms with Gasteiger partial charge in [-0.15, -0.1) is 0 Å². The van der Waals surface area contributed by atoms with Crippen LogP contribution in [-0.4, -0.2) is 40.7 Å². The normalized spacial score (nSPS) is 17.3. The van der Waals surface area contributed by atoms with Crippen molar-refractivity contribution in [1.29, 1.82) is 0 Å². The van der Waals surface area contributed by atoms with E-state index in [0.717, 1.165) is 36.8 Å². The molecule has 3 aromatic rings. The lowest BCUT2D eigenvalue weighted by Gasteiger charge is -2.33. The van der Waals surface area contributed by atoms with Gasteiger partial charge in [0.15, 0.2) is 5.69 Å². The van der Waals surface area contributed by atoms with Gasteiger partial charge in [0.2, 0.25) is 0 Å². The largest absolute Gasteiger partial charge is 0.497 e. The van der Waals surface area contributed by atoms with Crippen LogP contribution >= 0.6 is 0 Å². The van der Waals surface area contributed by atoms with Crippen LogP contribution in [0, 0.1) is 0 Å². The molecule has 0 N–H and O–H groups in total. The lowest BCUT2D eigenvalue weighted by Crippen LogP contribution is -2.39. The van der Waals surface area contributed by atoms with E-state index in [4.69, 9.17) is 4.74 Å². The van der Waals surface area contributed by atoms with E-state index in [0.29, 0.717) is 17.7 Å². The number of alkyl halides is 3. The van der Waals surface area contributed by atoms with Crippen molar-refractivity contribution in [2.75, 3.05) is 20.2 Å². The Morgan fingerprint density at radius 1 is 1.11 bits per heavy atom. The highest BCUT2D eigenvalue weighted by Crippen LogP contribution is 2.39. The molecule has 3 heterocycles. The van der Waals surface area contributed by atoms with Crippen LogP contribution in [0.5, 0.6) is 5.75 Å². The molecule has 7 heteroatoms. The summed E-state index contributed by atoms with van der Waals surface area (Å²) in [6.45, 7) is 4.55. The topological polar surface area (TPSA) is 30.3 Å². The average molecular weight is 391 g/mol. The lowest BCUT2D eigenvalue weighted by molar-refractivity contribution is -0.140. The number of hydrogen-bond donors (Lipinski definition) is 0. The Balaban J connectivity index is 1.91. The number of benzene rings is 1. The number of piperidine rings is 1. The molecule has 1 aliphatic heterocycles. The number of fused-ring (bicyclic) bond motifs is 3. The highest BCUT2D eigenvalue weighted by atomic mass is 19.4. The quantitative estimate of drug-likeness (QED) is 0.621. The van der Waals surface area contributed by atoms with Crippen molar-refractivity contribution in [1.82, 2.24) is 14.5 Å². The smallest absolute Gasteiger partial charge is 0.435 e. The van der Waals surface area contributed by atoms with Crippen molar-refractivity contribution in [2.45, 2.75) is 44.9 Å². The van der Waals surface area contributed by atoms with Gasteiger partial charge in [0.25, 0.3) is 0 Å². The SMILES string of the molecule is COc1ccc2c3ccnc(C(F)(F)F)c3n(CC(C)N3CCCCC3)c2c1. The molecule has 28 heavy (non-hydrogen) atoms. The number of rotatable bonds is 4. The summed E-state index contributed by atoms with van der Waals surface area (Å²) >= 11 is 0. The summed E-state index contributed by atoms with van der Waals surface area (Å²) in [5.41, 5.74) is 0.0739. The first-order valence-corrected chi connectivity index (χ1v) is 9.66. The van der Waals surface area contributed by atoms with Gasteiger partial charge in [-0.1, -0.05) is 6.42 Å². The minimum Gasteiger partial charge on any atom is -0.497 e. The maximum atomic E-state index is 13.8. The number of pyridine rings is 1. The molecule has 1 saturated heterocycles. The van der Waals surface area contributed by atoms with Crippen LogP contribution in [0.3, 0.4) is 0 Å². The van der Waals surface area contributed by atoms with Gasteiger partial charge in [0.1, 0.15) is 5.75 Å². The molecule has 0 radical (unpaired) electrons. The van der Waals surface area contributed by atoms with E-state index in [2.05, 4.69) is 16.8 Å². The number of nitrogens with zero attached hydrogens (tertiary/aromatic N) is 3. The number of halogens is 3. The Bertz CT molecular complexity index is 990. The van der Waals surface area contributed by atoms with Crippen molar-refractivity contribution >= 4 is 21.8 Å². The molecule has 1 aromatic carbocycles. The number of ether oxygens (including phenoxy) is 1. The fourth-order valence-corrected chi connectivity index (χ4v) is 4.29. The van der Waals surface area contributed by atoms with Crippen molar-refractivity contribution in [3.8, 4) is 5.75 Å². The molecule has 0 bridgehead atoms. The summed E-state index contributed by atoms with van der Waals surface area (Å²) in [5, 5.41) is 1.36. The monoisotopic (exact) mass is 391 g/mol. The molecule has 1 atom stereocenters. The third kappa shape index (κ3) is 3.32. The molecule has 0 aliphatic carbocycles. The van der Waals surface area contributed by atoms with Crippen LogP contribution in [0.15, 0.2) is 30.5 Å². The van der Waals surface area contributed by atoms with E-state index in [9.17, 15) is 13.2 Å². The molecule has 2 aromatic heterocycles. The maximum Gasteiger partial charge on any atom is 0.435 e. The van der Waals surface area contributed by atoms with Crippen molar-refractivity contribution in [2.24, 2.45) is 0 Å². The molecule has 1 unspecified atom stereocenters. The van der Waals surface area contributed by atoms with E-state index in [1.54, 1.807) is 23.8 Å². The van der Waals surface area contributed by atoms with E-state index in [-0.39, 0.29) is 11.6 Å². The Hall–Kier alpha value is -2.28. The third-order valence-corrected chi connectivity index (χ3v) is 5.71. The zero-order valence-electron chi connectivity index (χ0n) is 16.1. The molecule has 0 saturated carbocycles. The first kappa shape index (κ1) is 19.1. The molecule has 4 rings (SSSR count). The fraction of sp³-hybridized carbons (Fsp3) is 0.476. The second kappa shape index (κ2) is 7.28. The predicted octanol–water partition coefficient (Wildman–Crippen LogP) is 5.09. The van der Waals surface area contributed by atoms with E-state index < -0.39 is 11.9 Å². The van der Waals surface area contributed by atoms with Crippen LogP contribution in [0.2, 0.25) is 0 Å². The first-order valence-electron chi connectivity index (χ1n) is 9.66. The number of likely N-dealkylation sites (tertiary alicyclic amines) is 1. The number of methoxy groups -OCH3 is 1. The number of hydrogen-bond acceptors (Lipinski definition) is 3. The average Bonchev–Trinajstić information content (AvgIpc) is 3.01. The van der Waals surface area contributed by atoms with Gasteiger partial charge in [0.05, 0.1) is 18.1 Å². The van der Waals surface area contributed by atoms with Crippen LogP contribution in [-0.2, 0) is 12.7 Å². The van der Waals surface area contributed by atoms with Crippen molar-refractivity contribution in [3.63, 3.8) is 0 Å². The summed E-state index contributed by atoms with van der Waals surface area (Å²) in [5.74, 6) is 0.628. The van der Waals surface area contributed by atoms with Crippen molar-refractivity contribution < 1.29 is 17.9 Å². The van der Waals surface area contributed by atoms with Gasteiger partial charge in [0, 0.05) is 35.6 Å².